The van der Waals surface area contributed by atoms with Gasteiger partial charge in [-0.25, -0.2) is 0 Å². The van der Waals surface area contributed by atoms with Crippen LogP contribution in [0.4, 0.5) is 11.4 Å². The van der Waals surface area contributed by atoms with Gasteiger partial charge in [0, 0.05) is 16.8 Å². The van der Waals surface area contributed by atoms with Gasteiger partial charge >= 0.3 is 0 Å². The molecule has 0 unspecified atom stereocenters. The standard InChI is InChI=1S/C40H36N2O2/c1-3-40(2,32-12-24-38(25-13-32)43-36-20-8-30(9-21-36)28-4-16-34(41)17-5-28)33-14-26-39(27-15-33)44-37-22-10-31(11-23-37)29-6-18-35(42)19-7-29/h4-27H,3,41-42H2,1-2H3. The Morgan fingerprint density at radius 2 is 0.659 bits per heavy atom. The highest BCUT2D eigenvalue weighted by molar-refractivity contribution is 5.67. The average molecular weight is 577 g/mol. The zero-order valence-corrected chi connectivity index (χ0v) is 25.0. The van der Waals surface area contributed by atoms with Gasteiger partial charge in [0.15, 0.2) is 0 Å². The number of hydrogen-bond donors (Lipinski definition) is 2. The maximum absolute atomic E-state index is 6.16. The number of nitrogen functional groups attached to an aromatic ring is 2. The van der Waals surface area contributed by atoms with E-state index < -0.39 is 0 Å². The first-order chi connectivity index (χ1) is 21.4. The predicted octanol–water partition coefficient (Wildman–Crippen LogP) is 10.5. The summed E-state index contributed by atoms with van der Waals surface area (Å²) in [5, 5.41) is 0. The molecule has 0 atom stereocenters. The van der Waals surface area contributed by atoms with Crippen molar-refractivity contribution in [1.29, 1.82) is 0 Å². The van der Waals surface area contributed by atoms with E-state index in [-0.39, 0.29) is 5.41 Å². The van der Waals surface area contributed by atoms with Crippen LogP contribution in [0.2, 0.25) is 0 Å². The Labute approximate surface area is 259 Å². The highest BCUT2D eigenvalue weighted by atomic mass is 16.5. The van der Waals surface area contributed by atoms with Gasteiger partial charge in [-0.3, -0.25) is 0 Å². The van der Waals surface area contributed by atoms with E-state index in [0.717, 1.165) is 63.0 Å². The summed E-state index contributed by atoms with van der Waals surface area (Å²) >= 11 is 0. The second-order valence-electron chi connectivity index (χ2n) is 11.2. The molecular weight excluding hydrogens is 540 g/mol. The number of rotatable bonds is 9. The van der Waals surface area contributed by atoms with E-state index in [1.807, 2.05) is 97.1 Å². The molecule has 0 bridgehead atoms. The molecule has 4 heteroatoms. The summed E-state index contributed by atoms with van der Waals surface area (Å²) in [7, 11) is 0. The number of anilines is 2. The molecule has 218 valence electrons. The van der Waals surface area contributed by atoms with Gasteiger partial charge in [0.25, 0.3) is 0 Å². The van der Waals surface area contributed by atoms with Crippen LogP contribution in [-0.2, 0) is 5.41 Å². The van der Waals surface area contributed by atoms with Gasteiger partial charge in [-0.1, -0.05) is 86.6 Å². The van der Waals surface area contributed by atoms with Crippen LogP contribution >= 0.6 is 0 Å². The molecule has 4 nitrogen and oxygen atoms in total. The van der Waals surface area contributed by atoms with Crippen LogP contribution in [0.5, 0.6) is 23.0 Å². The van der Waals surface area contributed by atoms with Crippen LogP contribution in [0.1, 0.15) is 31.4 Å². The molecule has 0 radical (unpaired) electrons. The molecule has 0 aliphatic heterocycles. The zero-order valence-electron chi connectivity index (χ0n) is 25.0. The summed E-state index contributed by atoms with van der Waals surface area (Å²) in [6, 6.07) is 48.8. The lowest BCUT2D eigenvalue weighted by Crippen LogP contribution is -2.22. The zero-order chi connectivity index (χ0) is 30.5. The third-order valence-electron chi connectivity index (χ3n) is 8.36. The summed E-state index contributed by atoms with van der Waals surface area (Å²) in [5.41, 5.74) is 20.0. The van der Waals surface area contributed by atoms with Crippen molar-refractivity contribution in [3.63, 3.8) is 0 Å². The summed E-state index contributed by atoms with van der Waals surface area (Å²) in [6.45, 7) is 4.50. The molecule has 0 spiro atoms. The third kappa shape index (κ3) is 6.30. The smallest absolute Gasteiger partial charge is 0.127 e. The molecule has 0 aromatic heterocycles. The van der Waals surface area contributed by atoms with Crippen molar-refractivity contribution in [1.82, 2.24) is 0 Å². The largest absolute Gasteiger partial charge is 0.457 e. The van der Waals surface area contributed by atoms with Gasteiger partial charge in [0.1, 0.15) is 23.0 Å². The molecule has 0 amide bonds. The molecule has 0 heterocycles. The Kier molecular flexibility index (Phi) is 8.07. The minimum Gasteiger partial charge on any atom is -0.457 e. The lowest BCUT2D eigenvalue weighted by atomic mass is 9.74. The number of nitrogens with two attached hydrogens (primary N) is 2. The lowest BCUT2D eigenvalue weighted by Gasteiger charge is -2.30. The molecule has 4 N–H and O–H groups in total. The minimum atomic E-state index is -0.154. The molecule has 0 aliphatic rings. The second kappa shape index (κ2) is 12.4. The first-order valence-electron chi connectivity index (χ1n) is 14.9. The van der Waals surface area contributed by atoms with Crippen LogP contribution < -0.4 is 20.9 Å². The molecule has 0 saturated carbocycles. The minimum absolute atomic E-state index is 0.154. The van der Waals surface area contributed by atoms with Crippen molar-refractivity contribution < 1.29 is 9.47 Å². The van der Waals surface area contributed by atoms with Gasteiger partial charge in [-0.15, -0.1) is 0 Å². The van der Waals surface area contributed by atoms with E-state index in [4.69, 9.17) is 20.9 Å². The van der Waals surface area contributed by atoms with E-state index in [2.05, 4.69) is 62.4 Å². The summed E-state index contributed by atoms with van der Waals surface area (Å²) in [4.78, 5) is 0. The van der Waals surface area contributed by atoms with E-state index in [9.17, 15) is 0 Å². The maximum Gasteiger partial charge on any atom is 0.127 e. The normalized spacial score (nSPS) is 11.2. The van der Waals surface area contributed by atoms with E-state index in [0.29, 0.717) is 0 Å². The van der Waals surface area contributed by atoms with Crippen molar-refractivity contribution >= 4 is 11.4 Å². The van der Waals surface area contributed by atoms with Crippen LogP contribution in [-0.4, -0.2) is 0 Å². The SMILES string of the molecule is CCC(C)(c1ccc(Oc2ccc(-c3ccc(N)cc3)cc2)cc1)c1ccc(Oc2ccc(-c3ccc(N)cc3)cc2)cc1. The Morgan fingerprint density at radius 1 is 0.409 bits per heavy atom. The highest BCUT2D eigenvalue weighted by Crippen LogP contribution is 2.38. The Bertz CT molecular complexity index is 1670. The van der Waals surface area contributed by atoms with Gasteiger partial charge < -0.3 is 20.9 Å². The fraction of sp³-hybridized carbons (Fsp3) is 0.100. The van der Waals surface area contributed by atoms with E-state index >= 15 is 0 Å². The fourth-order valence-electron chi connectivity index (χ4n) is 5.41. The molecule has 6 aromatic carbocycles. The lowest BCUT2D eigenvalue weighted by molar-refractivity contribution is 0.479. The number of ether oxygens (including phenoxy) is 2. The topological polar surface area (TPSA) is 70.5 Å². The van der Waals surface area contributed by atoms with Crippen LogP contribution in [0.25, 0.3) is 22.3 Å². The first kappa shape index (κ1) is 28.6. The Hall–Kier alpha value is -5.48. The fourth-order valence-corrected chi connectivity index (χ4v) is 5.41. The summed E-state index contributed by atoms with van der Waals surface area (Å²) < 4.78 is 12.3. The van der Waals surface area contributed by atoms with E-state index in [1.54, 1.807) is 0 Å². The van der Waals surface area contributed by atoms with Crippen molar-refractivity contribution in [2.75, 3.05) is 11.5 Å². The highest BCUT2D eigenvalue weighted by Gasteiger charge is 2.27. The molecule has 6 rings (SSSR count). The van der Waals surface area contributed by atoms with Crippen molar-refractivity contribution in [2.45, 2.75) is 25.7 Å². The number of benzene rings is 6. The monoisotopic (exact) mass is 576 g/mol. The van der Waals surface area contributed by atoms with Crippen molar-refractivity contribution in [3.8, 4) is 45.3 Å². The summed E-state index contributed by atoms with van der Waals surface area (Å²) in [6.07, 6.45) is 0.951. The quantitative estimate of drug-likeness (QED) is 0.168. The predicted molar refractivity (Wildman–Crippen MR) is 182 cm³/mol. The Balaban J connectivity index is 1.11. The van der Waals surface area contributed by atoms with Gasteiger partial charge in [-0.05, 0) is 113 Å². The second-order valence-corrected chi connectivity index (χ2v) is 11.2. The van der Waals surface area contributed by atoms with Crippen LogP contribution in [0, 0.1) is 0 Å². The van der Waals surface area contributed by atoms with Crippen molar-refractivity contribution in [2.24, 2.45) is 0 Å². The molecule has 6 aromatic rings. The van der Waals surface area contributed by atoms with Gasteiger partial charge in [0.05, 0.1) is 0 Å². The van der Waals surface area contributed by atoms with E-state index in [1.165, 1.54) is 11.1 Å². The average Bonchev–Trinajstić information content (AvgIpc) is 3.07. The molecule has 44 heavy (non-hydrogen) atoms. The first-order valence-corrected chi connectivity index (χ1v) is 14.9. The van der Waals surface area contributed by atoms with Gasteiger partial charge in [0.2, 0.25) is 0 Å². The molecule has 0 aliphatic carbocycles. The molecule has 0 saturated heterocycles. The maximum atomic E-state index is 6.16. The Morgan fingerprint density at radius 3 is 0.932 bits per heavy atom. The summed E-state index contributed by atoms with van der Waals surface area (Å²) in [5.74, 6) is 3.20. The van der Waals surface area contributed by atoms with Crippen molar-refractivity contribution in [3.05, 3.63) is 157 Å². The van der Waals surface area contributed by atoms with Gasteiger partial charge in [-0.2, -0.15) is 0 Å². The number of hydrogen-bond acceptors (Lipinski definition) is 4. The molecular formula is C40H36N2O2. The van der Waals surface area contributed by atoms with Crippen LogP contribution in [0.15, 0.2) is 146 Å². The third-order valence-corrected chi connectivity index (χ3v) is 8.36. The molecule has 0 fully saturated rings. The van der Waals surface area contributed by atoms with Crippen LogP contribution in [0.3, 0.4) is 0 Å².